The number of anilines is 1. The van der Waals surface area contributed by atoms with Crippen molar-refractivity contribution < 1.29 is 13.2 Å². The molecule has 27 heavy (non-hydrogen) atoms. The minimum atomic E-state index is -3.81. The van der Waals surface area contributed by atoms with Crippen LogP contribution in [0.25, 0.3) is 22.2 Å². The van der Waals surface area contributed by atoms with Crippen LogP contribution in [0.1, 0.15) is 9.67 Å². The maximum Gasteiger partial charge on any atom is 0.265 e. The van der Waals surface area contributed by atoms with E-state index in [4.69, 9.17) is 5.14 Å². The summed E-state index contributed by atoms with van der Waals surface area (Å²) in [7, 11) is -3.81. The second kappa shape index (κ2) is 6.62. The van der Waals surface area contributed by atoms with E-state index in [0.29, 0.717) is 21.8 Å². The number of carbonyl (C=O) groups excluding carboxylic acids is 1. The number of aromatic amines is 1. The average Bonchev–Trinajstić information content (AvgIpc) is 3.31. The Balaban J connectivity index is 1.74. The Morgan fingerprint density at radius 1 is 1.11 bits per heavy atom. The van der Waals surface area contributed by atoms with Crippen LogP contribution in [0.4, 0.5) is 5.69 Å². The zero-order valence-electron chi connectivity index (χ0n) is 13.8. The summed E-state index contributed by atoms with van der Waals surface area (Å²) in [5.74, 6) is -0.189. The van der Waals surface area contributed by atoms with E-state index in [1.165, 1.54) is 23.5 Å². The fraction of sp³-hybridized carbons (Fsp3) is 0. The van der Waals surface area contributed by atoms with Gasteiger partial charge >= 0.3 is 0 Å². The molecule has 2 heterocycles. The number of hydrogen-bond acceptors (Lipinski definition) is 5. The van der Waals surface area contributed by atoms with Crippen LogP contribution in [-0.4, -0.2) is 24.5 Å². The van der Waals surface area contributed by atoms with Gasteiger partial charge in [0, 0.05) is 16.6 Å². The van der Waals surface area contributed by atoms with Crippen LogP contribution in [0.3, 0.4) is 0 Å². The maximum absolute atomic E-state index is 12.3. The average molecular weight is 398 g/mol. The minimum absolute atomic E-state index is 0.0123. The van der Waals surface area contributed by atoms with Gasteiger partial charge in [0.1, 0.15) is 5.69 Å². The first kappa shape index (κ1) is 17.4. The van der Waals surface area contributed by atoms with Crippen LogP contribution >= 0.6 is 11.3 Å². The van der Waals surface area contributed by atoms with Gasteiger partial charge in [0.25, 0.3) is 5.91 Å². The molecule has 0 radical (unpaired) electrons. The van der Waals surface area contributed by atoms with E-state index in [9.17, 15) is 13.2 Å². The molecule has 136 valence electrons. The second-order valence-corrected chi connectivity index (χ2v) is 8.35. The number of fused-ring (bicyclic) bond motifs is 1. The van der Waals surface area contributed by atoms with E-state index >= 15 is 0 Å². The Bertz CT molecular complexity index is 1240. The largest absolute Gasteiger partial charge is 0.321 e. The summed E-state index contributed by atoms with van der Waals surface area (Å²) in [4.78, 5) is 12.9. The van der Waals surface area contributed by atoms with Crippen LogP contribution in [0, 0.1) is 0 Å². The van der Waals surface area contributed by atoms with E-state index in [1.807, 2.05) is 11.4 Å². The first-order chi connectivity index (χ1) is 12.9. The highest BCUT2D eigenvalue weighted by atomic mass is 32.2. The molecule has 0 aliphatic carbocycles. The number of sulfonamides is 1. The number of nitrogens with one attached hydrogen (secondary N) is 2. The van der Waals surface area contributed by atoms with Crippen molar-refractivity contribution in [3.05, 3.63) is 64.9 Å². The first-order valence-corrected chi connectivity index (χ1v) is 10.3. The monoisotopic (exact) mass is 398 g/mol. The zero-order valence-corrected chi connectivity index (χ0v) is 15.5. The van der Waals surface area contributed by atoms with Crippen LogP contribution < -0.4 is 10.5 Å². The van der Waals surface area contributed by atoms with Crippen molar-refractivity contribution in [3.8, 4) is 11.3 Å². The molecule has 1 amide bonds. The van der Waals surface area contributed by atoms with E-state index in [1.54, 1.807) is 36.4 Å². The topological polar surface area (TPSA) is 118 Å². The first-order valence-electron chi connectivity index (χ1n) is 7.88. The van der Waals surface area contributed by atoms with Gasteiger partial charge in [0.15, 0.2) is 0 Å². The highest BCUT2D eigenvalue weighted by Crippen LogP contribution is 2.29. The number of aromatic nitrogens is 2. The molecule has 4 aromatic rings. The molecule has 0 fully saturated rings. The predicted octanol–water partition coefficient (Wildman–Crippen LogP) is 3.19. The van der Waals surface area contributed by atoms with Crippen molar-refractivity contribution in [1.29, 1.82) is 0 Å². The Morgan fingerprint density at radius 3 is 2.70 bits per heavy atom. The zero-order chi connectivity index (χ0) is 19.0. The fourth-order valence-electron chi connectivity index (χ4n) is 2.73. The molecule has 9 heteroatoms. The lowest BCUT2D eigenvalue weighted by Crippen LogP contribution is -2.11. The summed E-state index contributed by atoms with van der Waals surface area (Å²) in [6.07, 6.45) is 0. The normalized spacial score (nSPS) is 11.6. The second-order valence-electron chi connectivity index (χ2n) is 5.84. The number of thiophene rings is 1. The van der Waals surface area contributed by atoms with Gasteiger partial charge in [0.05, 0.1) is 15.3 Å². The summed E-state index contributed by atoms with van der Waals surface area (Å²) in [6, 6.07) is 15.2. The highest BCUT2D eigenvalue weighted by Gasteiger charge is 2.14. The van der Waals surface area contributed by atoms with Gasteiger partial charge < -0.3 is 5.32 Å². The number of carbonyl (C=O) groups is 1. The van der Waals surface area contributed by atoms with E-state index in [0.717, 1.165) is 10.9 Å². The minimum Gasteiger partial charge on any atom is -0.321 e. The Kier molecular flexibility index (Phi) is 4.27. The van der Waals surface area contributed by atoms with Gasteiger partial charge in [-0.1, -0.05) is 18.2 Å². The van der Waals surface area contributed by atoms with Gasteiger partial charge in [-0.2, -0.15) is 5.10 Å². The molecule has 0 saturated heterocycles. The van der Waals surface area contributed by atoms with Crippen molar-refractivity contribution >= 4 is 43.9 Å². The molecule has 0 saturated carbocycles. The molecular weight excluding hydrogens is 384 g/mol. The quantitative estimate of drug-likeness (QED) is 0.489. The highest BCUT2D eigenvalue weighted by molar-refractivity contribution is 7.89. The number of rotatable bonds is 4. The third kappa shape index (κ3) is 3.47. The summed E-state index contributed by atoms with van der Waals surface area (Å²) in [5, 5.41) is 17.9. The maximum atomic E-state index is 12.3. The molecular formula is C18H14N4O3S2. The number of nitrogens with zero attached hydrogens (tertiary/aromatic N) is 1. The standard InChI is InChI=1S/C18H14N4O3S2/c19-27(24,25)13-4-1-3-11(9-13)17-14-10-12(6-7-15(14)21-22-17)20-18(23)16-5-2-8-26-16/h1-10H,(H,20,23)(H,21,22)(H2,19,24,25). The Hall–Kier alpha value is -3.01. The van der Waals surface area contributed by atoms with Gasteiger partial charge in [-0.05, 0) is 41.8 Å². The molecule has 4 rings (SSSR count). The lowest BCUT2D eigenvalue weighted by molar-refractivity contribution is 0.103. The smallest absolute Gasteiger partial charge is 0.265 e. The summed E-state index contributed by atoms with van der Waals surface area (Å²) in [6.45, 7) is 0. The summed E-state index contributed by atoms with van der Waals surface area (Å²) < 4.78 is 23.2. The number of benzene rings is 2. The SMILES string of the molecule is NS(=O)(=O)c1cccc(-c2n[nH]c3ccc(NC(=O)c4cccs4)cc23)c1. The molecule has 0 aliphatic rings. The van der Waals surface area contributed by atoms with Crippen LogP contribution in [0.15, 0.2) is 64.9 Å². The third-order valence-corrected chi connectivity index (χ3v) is 5.78. The number of amides is 1. The summed E-state index contributed by atoms with van der Waals surface area (Å²) in [5.41, 5.74) is 2.56. The lowest BCUT2D eigenvalue weighted by atomic mass is 10.1. The molecule has 0 atom stereocenters. The number of H-pyrrole nitrogens is 1. The van der Waals surface area contributed by atoms with Crippen LogP contribution in [0.5, 0.6) is 0 Å². The number of nitrogens with two attached hydrogens (primary N) is 1. The number of primary sulfonamides is 1. The molecule has 0 unspecified atom stereocenters. The Labute approximate surface area is 158 Å². The van der Waals surface area contributed by atoms with E-state index in [-0.39, 0.29) is 10.8 Å². The molecule has 2 aromatic carbocycles. The molecule has 2 aromatic heterocycles. The lowest BCUT2D eigenvalue weighted by Gasteiger charge is -2.05. The van der Waals surface area contributed by atoms with Crippen LogP contribution in [-0.2, 0) is 10.0 Å². The van der Waals surface area contributed by atoms with Gasteiger partial charge in [-0.25, -0.2) is 13.6 Å². The van der Waals surface area contributed by atoms with Gasteiger partial charge in [0.2, 0.25) is 10.0 Å². The van der Waals surface area contributed by atoms with Crippen molar-refractivity contribution in [2.24, 2.45) is 5.14 Å². The van der Waals surface area contributed by atoms with Crippen molar-refractivity contribution in [1.82, 2.24) is 10.2 Å². The predicted molar refractivity (Wildman–Crippen MR) is 105 cm³/mol. The summed E-state index contributed by atoms with van der Waals surface area (Å²) >= 11 is 1.36. The molecule has 7 nitrogen and oxygen atoms in total. The molecule has 0 bridgehead atoms. The van der Waals surface area contributed by atoms with Crippen molar-refractivity contribution in [3.63, 3.8) is 0 Å². The molecule has 0 aliphatic heterocycles. The number of hydrogen-bond donors (Lipinski definition) is 3. The van der Waals surface area contributed by atoms with Gasteiger partial charge in [-0.3, -0.25) is 9.89 Å². The van der Waals surface area contributed by atoms with Crippen molar-refractivity contribution in [2.75, 3.05) is 5.32 Å². The van der Waals surface area contributed by atoms with Crippen LogP contribution in [0.2, 0.25) is 0 Å². The van der Waals surface area contributed by atoms with E-state index in [2.05, 4.69) is 15.5 Å². The molecule has 0 spiro atoms. The fourth-order valence-corrected chi connectivity index (χ4v) is 3.91. The van der Waals surface area contributed by atoms with Gasteiger partial charge in [-0.15, -0.1) is 11.3 Å². The third-order valence-electron chi connectivity index (χ3n) is 4.00. The molecule has 4 N–H and O–H groups in total. The van der Waals surface area contributed by atoms with E-state index < -0.39 is 10.0 Å². The van der Waals surface area contributed by atoms with Crippen molar-refractivity contribution in [2.45, 2.75) is 4.90 Å². The Morgan fingerprint density at radius 2 is 1.96 bits per heavy atom.